The smallest absolute Gasteiger partial charge is 0.170 e. The van der Waals surface area contributed by atoms with Gasteiger partial charge in [0.2, 0.25) is 0 Å². The molecule has 1 unspecified atom stereocenters. The van der Waals surface area contributed by atoms with Crippen molar-refractivity contribution in [2.75, 3.05) is 7.11 Å². The highest BCUT2D eigenvalue weighted by Gasteiger charge is 2.22. The van der Waals surface area contributed by atoms with Crippen molar-refractivity contribution in [3.63, 3.8) is 0 Å². The van der Waals surface area contributed by atoms with Crippen molar-refractivity contribution in [3.8, 4) is 17.2 Å². The fraction of sp³-hybridized carbons (Fsp3) is 0.200. The van der Waals surface area contributed by atoms with E-state index < -0.39 is 0 Å². The van der Waals surface area contributed by atoms with Gasteiger partial charge in [-0.2, -0.15) is 0 Å². The molecule has 2 aromatic rings. The molecule has 3 rings (SSSR count). The van der Waals surface area contributed by atoms with E-state index in [1.807, 2.05) is 24.3 Å². The van der Waals surface area contributed by atoms with Crippen LogP contribution < -0.4 is 9.47 Å². The largest absolute Gasteiger partial charge is 0.504 e. The lowest BCUT2D eigenvalue weighted by Crippen LogP contribution is -2.10. The number of hydrogen-bond donors (Lipinski definition) is 1. The summed E-state index contributed by atoms with van der Waals surface area (Å²) in [5.74, 6) is 2.45. The van der Waals surface area contributed by atoms with Gasteiger partial charge in [-0.25, -0.2) is 0 Å². The van der Waals surface area contributed by atoms with Crippen molar-refractivity contribution in [1.29, 1.82) is 0 Å². The second kappa shape index (κ2) is 5.05. The molecule has 0 amide bonds. The van der Waals surface area contributed by atoms with Crippen LogP contribution in [0.25, 0.3) is 0 Å². The standard InChI is InChI=1S/C15H14O3S/c1-17-14-7-6-10(8-12(14)16)15-18-13-5-3-2-4-11(13)9-19-15/h2-8,15-16H,9H2,1H3. The van der Waals surface area contributed by atoms with Gasteiger partial charge in [0.1, 0.15) is 5.75 Å². The molecule has 0 fully saturated rings. The maximum atomic E-state index is 9.83. The van der Waals surface area contributed by atoms with E-state index in [4.69, 9.17) is 9.47 Å². The summed E-state index contributed by atoms with van der Waals surface area (Å²) in [7, 11) is 1.54. The molecule has 0 aliphatic carbocycles. The lowest BCUT2D eigenvalue weighted by atomic mass is 10.2. The van der Waals surface area contributed by atoms with E-state index in [9.17, 15) is 5.11 Å². The Balaban J connectivity index is 1.87. The normalized spacial score (nSPS) is 17.4. The minimum atomic E-state index is -0.0910. The molecule has 0 radical (unpaired) electrons. The van der Waals surface area contributed by atoms with Crippen LogP contribution in [0.2, 0.25) is 0 Å². The van der Waals surface area contributed by atoms with E-state index in [2.05, 4.69) is 6.07 Å². The molecular formula is C15H14O3S. The van der Waals surface area contributed by atoms with Gasteiger partial charge in [0.05, 0.1) is 7.11 Å². The van der Waals surface area contributed by atoms with Gasteiger partial charge < -0.3 is 14.6 Å². The van der Waals surface area contributed by atoms with Gasteiger partial charge in [-0.15, -0.1) is 11.8 Å². The monoisotopic (exact) mass is 274 g/mol. The molecule has 0 spiro atoms. The number of rotatable bonds is 2. The number of phenols is 1. The quantitative estimate of drug-likeness (QED) is 0.905. The first-order chi connectivity index (χ1) is 9.28. The van der Waals surface area contributed by atoms with E-state index >= 15 is 0 Å². The SMILES string of the molecule is COc1ccc(C2Oc3ccccc3CS2)cc1O. The fourth-order valence-corrected chi connectivity index (χ4v) is 3.15. The number of para-hydroxylation sites is 1. The van der Waals surface area contributed by atoms with Crippen LogP contribution in [-0.4, -0.2) is 12.2 Å². The number of thioether (sulfide) groups is 1. The third-order valence-corrected chi connectivity index (χ3v) is 4.22. The van der Waals surface area contributed by atoms with Crippen LogP contribution in [0.1, 0.15) is 16.6 Å². The first kappa shape index (κ1) is 12.2. The van der Waals surface area contributed by atoms with Gasteiger partial charge in [-0.05, 0) is 18.2 Å². The minimum absolute atomic E-state index is 0.0910. The van der Waals surface area contributed by atoms with E-state index in [1.165, 1.54) is 12.7 Å². The summed E-state index contributed by atoms with van der Waals surface area (Å²) in [6.07, 6.45) is 0. The molecule has 0 saturated carbocycles. The van der Waals surface area contributed by atoms with Crippen LogP contribution in [0.4, 0.5) is 0 Å². The Morgan fingerprint density at radius 1 is 1.26 bits per heavy atom. The zero-order valence-electron chi connectivity index (χ0n) is 10.5. The van der Waals surface area contributed by atoms with Gasteiger partial charge in [0.25, 0.3) is 0 Å². The van der Waals surface area contributed by atoms with Crippen molar-refractivity contribution in [1.82, 2.24) is 0 Å². The summed E-state index contributed by atoms with van der Waals surface area (Å²) in [6, 6.07) is 13.4. The zero-order valence-corrected chi connectivity index (χ0v) is 11.3. The number of methoxy groups -OCH3 is 1. The van der Waals surface area contributed by atoms with Crippen LogP contribution >= 0.6 is 11.8 Å². The number of ether oxygens (including phenoxy) is 2. The van der Waals surface area contributed by atoms with Crippen LogP contribution in [0.15, 0.2) is 42.5 Å². The number of phenolic OH excluding ortho intramolecular Hbond substituents is 1. The summed E-state index contributed by atoms with van der Waals surface area (Å²) in [5.41, 5.74) is 2.06. The highest BCUT2D eigenvalue weighted by molar-refractivity contribution is 7.98. The Kier molecular flexibility index (Phi) is 3.25. The highest BCUT2D eigenvalue weighted by atomic mass is 32.2. The summed E-state index contributed by atoms with van der Waals surface area (Å²) >= 11 is 1.71. The van der Waals surface area contributed by atoms with Gasteiger partial charge >= 0.3 is 0 Å². The average Bonchev–Trinajstić information content (AvgIpc) is 2.46. The lowest BCUT2D eigenvalue weighted by molar-refractivity contribution is 0.286. The van der Waals surface area contributed by atoms with E-state index in [0.717, 1.165) is 17.1 Å². The van der Waals surface area contributed by atoms with Gasteiger partial charge in [-0.3, -0.25) is 0 Å². The summed E-state index contributed by atoms with van der Waals surface area (Å²) in [6.45, 7) is 0. The van der Waals surface area contributed by atoms with Crippen LogP contribution in [-0.2, 0) is 5.75 Å². The van der Waals surface area contributed by atoms with Gasteiger partial charge in [0, 0.05) is 16.9 Å². The fourth-order valence-electron chi connectivity index (χ4n) is 2.07. The van der Waals surface area contributed by atoms with Crippen LogP contribution in [0.5, 0.6) is 17.2 Å². The average molecular weight is 274 g/mol. The first-order valence-electron chi connectivity index (χ1n) is 6.01. The minimum Gasteiger partial charge on any atom is -0.504 e. The maximum Gasteiger partial charge on any atom is 0.170 e. The molecule has 98 valence electrons. The molecular weight excluding hydrogens is 260 g/mol. The van der Waals surface area contributed by atoms with Crippen molar-refractivity contribution >= 4 is 11.8 Å². The Morgan fingerprint density at radius 3 is 2.89 bits per heavy atom. The van der Waals surface area contributed by atoms with E-state index in [-0.39, 0.29) is 11.2 Å². The molecule has 0 saturated heterocycles. The molecule has 19 heavy (non-hydrogen) atoms. The molecule has 4 heteroatoms. The molecule has 1 heterocycles. The first-order valence-corrected chi connectivity index (χ1v) is 7.06. The predicted molar refractivity (Wildman–Crippen MR) is 75.8 cm³/mol. The van der Waals surface area contributed by atoms with Crippen molar-refractivity contribution in [2.45, 2.75) is 11.2 Å². The van der Waals surface area contributed by atoms with Gasteiger partial charge in [-0.1, -0.05) is 24.3 Å². The maximum absolute atomic E-state index is 9.83. The van der Waals surface area contributed by atoms with Crippen LogP contribution in [0.3, 0.4) is 0 Å². The zero-order chi connectivity index (χ0) is 13.2. The molecule has 2 aromatic carbocycles. The number of aromatic hydroxyl groups is 1. The highest BCUT2D eigenvalue weighted by Crippen LogP contribution is 2.43. The second-order valence-corrected chi connectivity index (χ2v) is 5.35. The molecule has 1 aliphatic heterocycles. The predicted octanol–water partition coefficient (Wildman–Crippen LogP) is 3.73. The Bertz CT molecular complexity index is 598. The summed E-state index contributed by atoms with van der Waals surface area (Å²) < 4.78 is 11.0. The number of benzene rings is 2. The third-order valence-electron chi connectivity index (χ3n) is 3.07. The van der Waals surface area contributed by atoms with E-state index in [1.54, 1.807) is 23.9 Å². The topological polar surface area (TPSA) is 38.7 Å². The molecule has 1 atom stereocenters. The molecule has 1 aliphatic rings. The number of fused-ring (bicyclic) bond motifs is 1. The Hall–Kier alpha value is -1.81. The van der Waals surface area contributed by atoms with Crippen molar-refractivity contribution < 1.29 is 14.6 Å². The Labute approximate surface area is 116 Å². The number of hydrogen-bond acceptors (Lipinski definition) is 4. The summed E-state index contributed by atoms with van der Waals surface area (Å²) in [5, 5.41) is 9.83. The molecule has 1 N–H and O–H groups in total. The molecule has 0 bridgehead atoms. The van der Waals surface area contributed by atoms with E-state index in [0.29, 0.717) is 5.75 Å². The lowest BCUT2D eigenvalue weighted by Gasteiger charge is -2.26. The van der Waals surface area contributed by atoms with Gasteiger partial charge in [0.15, 0.2) is 16.9 Å². The second-order valence-electron chi connectivity index (χ2n) is 4.30. The van der Waals surface area contributed by atoms with Crippen molar-refractivity contribution in [3.05, 3.63) is 53.6 Å². The van der Waals surface area contributed by atoms with Crippen molar-refractivity contribution in [2.24, 2.45) is 0 Å². The molecule has 0 aromatic heterocycles. The third kappa shape index (κ3) is 2.36. The summed E-state index contributed by atoms with van der Waals surface area (Å²) in [4.78, 5) is 0. The van der Waals surface area contributed by atoms with Crippen LogP contribution in [0, 0.1) is 0 Å². The Morgan fingerprint density at radius 2 is 2.11 bits per heavy atom. The molecule has 3 nitrogen and oxygen atoms in total.